The quantitative estimate of drug-likeness (QED) is 0.724. The largest absolute Gasteiger partial charge is 0.497 e. The molecule has 0 saturated heterocycles. The fraction of sp³-hybridized carbons (Fsp3) is 0.158. The first-order valence-corrected chi connectivity index (χ1v) is 8.45. The zero-order chi connectivity index (χ0) is 18.3. The van der Waals surface area contributed by atoms with E-state index in [0.29, 0.717) is 17.8 Å². The summed E-state index contributed by atoms with van der Waals surface area (Å²) < 4.78 is 18.5. The van der Waals surface area contributed by atoms with Crippen molar-refractivity contribution in [1.29, 1.82) is 0 Å². The lowest BCUT2D eigenvalue weighted by Gasteiger charge is -2.17. The minimum absolute atomic E-state index is 0.0442. The van der Waals surface area contributed by atoms with Gasteiger partial charge in [0.2, 0.25) is 0 Å². The van der Waals surface area contributed by atoms with Crippen LogP contribution in [0.5, 0.6) is 5.75 Å². The highest BCUT2D eigenvalue weighted by molar-refractivity contribution is 6.31. The van der Waals surface area contributed by atoms with Crippen LogP contribution >= 0.6 is 11.6 Å². The van der Waals surface area contributed by atoms with Crippen LogP contribution in [0.3, 0.4) is 0 Å². The van der Waals surface area contributed by atoms with E-state index in [-0.39, 0.29) is 10.9 Å². The molecule has 0 unspecified atom stereocenters. The lowest BCUT2D eigenvalue weighted by Crippen LogP contribution is -2.16. The summed E-state index contributed by atoms with van der Waals surface area (Å²) in [7, 11) is 1.63. The fourth-order valence-electron chi connectivity index (χ4n) is 3.18. The van der Waals surface area contributed by atoms with Crippen molar-refractivity contribution < 1.29 is 13.9 Å². The Morgan fingerprint density at radius 3 is 2.88 bits per heavy atom. The predicted molar refractivity (Wildman–Crippen MR) is 97.3 cm³/mol. The number of amides is 1. The molecule has 5 nitrogen and oxygen atoms in total. The van der Waals surface area contributed by atoms with Gasteiger partial charge in [-0.2, -0.15) is 5.10 Å². The Kier molecular flexibility index (Phi) is 4.12. The van der Waals surface area contributed by atoms with Gasteiger partial charge < -0.3 is 10.1 Å². The number of carbonyl (C=O) groups is 1. The maximum Gasteiger partial charge on any atom is 0.273 e. The Morgan fingerprint density at radius 2 is 2.12 bits per heavy atom. The number of H-pyrrole nitrogens is 1. The SMILES string of the molecule is COc1ccc2c(c1)CCc1c-2n[nH]c1C(=O)Nc1ccc(F)c(Cl)c1. The number of hydrogen-bond acceptors (Lipinski definition) is 3. The minimum Gasteiger partial charge on any atom is -0.497 e. The number of aromatic nitrogens is 2. The van der Waals surface area contributed by atoms with E-state index >= 15 is 0 Å². The van der Waals surface area contributed by atoms with E-state index in [1.54, 1.807) is 7.11 Å². The molecule has 1 aliphatic rings. The third-order valence-corrected chi connectivity index (χ3v) is 4.77. The summed E-state index contributed by atoms with van der Waals surface area (Å²) in [5.74, 6) is -0.0668. The molecule has 3 aromatic rings. The Labute approximate surface area is 154 Å². The number of methoxy groups -OCH3 is 1. The van der Waals surface area contributed by atoms with Crippen LogP contribution in [0.4, 0.5) is 10.1 Å². The van der Waals surface area contributed by atoms with Crippen molar-refractivity contribution in [2.45, 2.75) is 12.8 Å². The topological polar surface area (TPSA) is 67.0 Å². The molecule has 4 rings (SSSR count). The van der Waals surface area contributed by atoms with Crippen molar-refractivity contribution in [2.24, 2.45) is 0 Å². The van der Waals surface area contributed by atoms with Crippen molar-refractivity contribution in [3.63, 3.8) is 0 Å². The van der Waals surface area contributed by atoms with Gasteiger partial charge in [-0.15, -0.1) is 0 Å². The maximum absolute atomic E-state index is 13.3. The fourth-order valence-corrected chi connectivity index (χ4v) is 3.36. The number of carbonyl (C=O) groups excluding carboxylic acids is 1. The van der Waals surface area contributed by atoms with Crippen molar-refractivity contribution in [1.82, 2.24) is 10.2 Å². The third-order valence-electron chi connectivity index (χ3n) is 4.48. The van der Waals surface area contributed by atoms with Crippen LogP contribution in [0.1, 0.15) is 21.6 Å². The second-order valence-electron chi connectivity index (χ2n) is 6.03. The summed E-state index contributed by atoms with van der Waals surface area (Å²) in [6.07, 6.45) is 1.49. The number of nitrogens with zero attached hydrogens (tertiary/aromatic N) is 1. The number of rotatable bonds is 3. The summed E-state index contributed by atoms with van der Waals surface area (Å²) >= 11 is 5.76. The number of aromatic amines is 1. The molecule has 0 bridgehead atoms. The standard InChI is InChI=1S/C19H15ClFN3O2/c1-26-12-4-6-13-10(8-12)2-5-14-17(13)23-24-18(14)19(25)22-11-3-7-16(21)15(20)9-11/h3-4,6-9H,2,5H2,1H3,(H,22,25)(H,23,24). The molecule has 7 heteroatoms. The number of nitrogens with one attached hydrogen (secondary N) is 2. The molecule has 1 aromatic heterocycles. The molecule has 2 aromatic carbocycles. The highest BCUT2D eigenvalue weighted by Crippen LogP contribution is 2.35. The molecule has 0 atom stereocenters. The smallest absolute Gasteiger partial charge is 0.273 e. The normalized spacial score (nSPS) is 12.3. The van der Waals surface area contributed by atoms with E-state index in [1.807, 2.05) is 18.2 Å². The number of halogens is 2. The zero-order valence-corrected chi connectivity index (χ0v) is 14.7. The molecular weight excluding hydrogens is 357 g/mol. The van der Waals surface area contributed by atoms with Crippen LogP contribution in [0, 0.1) is 5.82 Å². The van der Waals surface area contributed by atoms with Crippen LogP contribution < -0.4 is 10.1 Å². The Balaban J connectivity index is 1.64. The molecule has 132 valence electrons. The molecule has 0 aliphatic heterocycles. The lowest BCUT2D eigenvalue weighted by molar-refractivity contribution is 0.102. The average molecular weight is 372 g/mol. The minimum atomic E-state index is -0.532. The van der Waals surface area contributed by atoms with Crippen LogP contribution in [0.2, 0.25) is 5.02 Å². The van der Waals surface area contributed by atoms with Gasteiger partial charge in [0, 0.05) is 16.8 Å². The number of fused-ring (bicyclic) bond motifs is 3. The molecule has 0 fully saturated rings. The number of aryl methyl sites for hydroxylation is 1. The summed E-state index contributed by atoms with van der Waals surface area (Å²) in [6.45, 7) is 0. The molecule has 2 N–H and O–H groups in total. The van der Waals surface area contributed by atoms with E-state index in [2.05, 4.69) is 15.5 Å². The Bertz CT molecular complexity index is 1020. The molecule has 1 aliphatic carbocycles. The van der Waals surface area contributed by atoms with Crippen molar-refractivity contribution >= 4 is 23.2 Å². The van der Waals surface area contributed by atoms with Gasteiger partial charge in [-0.05, 0) is 54.8 Å². The Morgan fingerprint density at radius 1 is 1.27 bits per heavy atom. The number of ether oxygens (including phenoxy) is 1. The third kappa shape index (κ3) is 2.82. The Hall–Kier alpha value is -2.86. The van der Waals surface area contributed by atoms with Crippen LogP contribution in [0.25, 0.3) is 11.3 Å². The van der Waals surface area contributed by atoms with E-state index in [0.717, 1.165) is 34.6 Å². The number of hydrogen-bond donors (Lipinski definition) is 2. The first-order chi connectivity index (χ1) is 12.6. The average Bonchev–Trinajstić information content (AvgIpc) is 3.08. The monoisotopic (exact) mass is 371 g/mol. The molecule has 1 amide bonds. The molecule has 0 radical (unpaired) electrons. The maximum atomic E-state index is 13.3. The zero-order valence-electron chi connectivity index (χ0n) is 13.9. The van der Waals surface area contributed by atoms with Gasteiger partial charge in [0.1, 0.15) is 17.3 Å². The van der Waals surface area contributed by atoms with E-state index in [1.165, 1.54) is 18.2 Å². The van der Waals surface area contributed by atoms with Gasteiger partial charge in [-0.25, -0.2) is 4.39 Å². The molecular formula is C19H15ClFN3O2. The highest BCUT2D eigenvalue weighted by Gasteiger charge is 2.25. The van der Waals surface area contributed by atoms with Crippen LogP contribution in [-0.2, 0) is 12.8 Å². The molecule has 26 heavy (non-hydrogen) atoms. The summed E-state index contributed by atoms with van der Waals surface area (Å²) in [4.78, 5) is 12.6. The summed E-state index contributed by atoms with van der Waals surface area (Å²) in [5, 5.41) is 9.85. The summed E-state index contributed by atoms with van der Waals surface area (Å²) in [6, 6.07) is 9.87. The van der Waals surface area contributed by atoms with E-state index in [4.69, 9.17) is 16.3 Å². The molecule has 0 spiro atoms. The van der Waals surface area contributed by atoms with Gasteiger partial charge in [-0.1, -0.05) is 11.6 Å². The molecule has 1 heterocycles. The van der Waals surface area contributed by atoms with Crippen molar-refractivity contribution in [2.75, 3.05) is 12.4 Å². The van der Waals surface area contributed by atoms with E-state index < -0.39 is 5.82 Å². The van der Waals surface area contributed by atoms with Gasteiger partial charge in [0.15, 0.2) is 0 Å². The lowest BCUT2D eigenvalue weighted by atomic mass is 9.89. The van der Waals surface area contributed by atoms with Crippen LogP contribution in [-0.4, -0.2) is 23.2 Å². The van der Waals surface area contributed by atoms with Gasteiger partial charge in [0.25, 0.3) is 5.91 Å². The van der Waals surface area contributed by atoms with Gasteiger partial charge in [-0.3, -0.25) is 9.89 Å². The first kappa shape index (κ1) is 16.6. The van der Waals surface area contributed by atoms with Crippen molar-refractivity contribution in [3.8, 4) is 17.0 Å². The van der Waals surface area contributed by atoms with Gasteiger partial charge >= 0.3 is 0 Å². The highest BCUT2D eigenvalue weighted by atomic mass is 35.5. The first-order valence-electron chi connectivity index (χ1n) is 8.07. The summed E-state index contributed by atoms with van der Waals surface area (Å²) in [5.41, 5.74) is 4.60. The van der Waals surface area contributed by atoms with Crippen LogP contribution in [0.15, 0.2) is 36.4 Å². The second kappa shape index (κ2) is 6.46. The van der Waals surface area contributed by atoms with Gasteiger partial charge in [0.05, 0.1) is 17.8 Å². The predicted octanol–water partition coefficient (Wildman–Crippen LogP) is 4.23. The number of benzene rings is 2. The van der Waals surface area contributed by atoms with E-state index in [9.17, 15) is 9.18 Å². The molecule has 0 saturated carbocycles. The number of anilines is 1. The van der Waals surface area contributed by atoms with Crippen molar-refractivity contribution in [3.05, 3.63) is 64.1 Å². The second-order valence-corrected chi connectivity index (χ2v) is 6.44.